The van der Waals surface area contributed by atoms with Crippen LogP contribution in [-0.2, 0) is 0 Å². The van der Waals surface area contributed by atoms with Gasteiger partial charge in [-0.15, -0.1) is 0 Å². The molecular weight excluding hydrogens is 420 g/mol. The summed E-state index contributed by atoms with van der Waals surface area (Å²) in [5.41, 5.74) is 1.22. The van der Waals surface area contributed by atoms with Crippen molar-refractivity contribution in [2.24, 2.45) is 4.99 Å². The lowest BCUT2D eigenvalue weighted by Gasteiger charge is -2.33. The average molecular weight is 449 g/mol. The molecule has 3 aliphatic rings. The second-order valence-electron chi connectivity index (χ2n) is 7.76. The zero-order chi connectivity index (χ0) is 21.1. The molecule has 0 N–H and O–H groups in total. The van der Waals surface area contributed by atoms with Crippen molar-refractivity contribution < 1.29 is 14.3 Å². The van der Waals surface area contributed by atoms with Crippen molar-refractivity contribution in [3.8, 4) is 11.5 Å². The van der Waals surface area contributed by atoms with Crippen molar-refractivity contribution in [1.29, 1.82) is 0 Å². The Labute approximate surface area is 187 Å². The van der Waals surface area contributed by atoms with Crippen molar-refractivity contribution in [2.75, 3.05) is 59.2 Å². The number of thioether (sulfide) groups is 1. The third-order valence-corrected chi connectivity index (χ3v) is 7.27. The highest BCUT2D eigenvalue weighted by atomic mass is 32.2. The molecule has 9 heteroatoms. The molecular formula is C21H28N4O3S2. The van der Waals surface area contributed by atoms with E-state index >= 15 is 0 Å². The number of benzene rings is 1. The summed E-state index contributed by atoms with van der Waals surface area (Å²) in [6.07, 6.45) is 3.87. The van der Waals surface area contributed by atoms with Crippen LogP contribution >= 0.6 is 24.0 Å². The van der Waals surface area contributed by atoms with Gasteiger partial charge in [-0.2, -0.15) is 0 Å². The Morgan fingerprint density at radius 2 is 2.03 bits per heavy atom. The number of carbonyl (C=O) groups is 1. The van der Waals surface area contributed by atoms with E-state index in [2.05, 4.69) is 21.8 Å². The molecule has 2 saturated heterocycles. The first-order chi connectivity index (χ1) is 14.6. The molecule has 0 radical (unpaired) electrons. The van der Waals surface area contributed by atoms with Gasteiger partial charge in [0, 0.05) is 50.8 Å². The lowest BCUT2D eigenvalue weighted by atomic mass is 10.1. The highest BCUT2D eigenvalue weighted by molar-refractivity contribution is 8.22. The Kier molecular flexibility index (Phi) is 6.80. The van der Waals surface area contributed by atoms with Gasteiger partial charge in [0.05, 0.1) is 31.0 Å². The van der Waals surface area contributed by atoms with E-state index in [1.807, 2.05) is 17.2 Å². The van der Waals surface area contributed by atoms with Gasteiger partial charge in [0.25, 0.3) is 5.91 Å². The topological polar surface area (TPSA) is 57.6 Å². The maximum Gasteiger partial charge on any atom is 0.256 e. The van der Waals surface area contributed by atoms with Crippen LogP contribution in [0.2, 0.25) is 0 Å². The lowest BCUT2D eigenvalue weighted by Crippen LogP contribution is -2.45. The summed E-state index contributed by atoms with van der Waals surface area (Å²) in [6.45, 7) is 5.32. The van der Waals surface area contributed by atoms with Gasteiger partial charge in [0.2, 0.25) is 0 Å². The molecule has 1 amide bonds. The second kappa shape index (κ2) is 9.53. The molecule has 1 aromatic carbocycles. The van der Waals surface area contributed by atoms with Crippen LogP contribution in [0.25, 0.3) is 0 Å². The number of hydrogen-bond acceptors (Lipinski definition) is 7. The molecule has 0 bridgehead atoms. The second-order valence-corrected chi connectivity index (χ2v) is 9.49. The molecule has 162 valence electrons. The van der Waals surface area contributed by atoms with Gasteiger partial charge >= 0.3 is 0 Å². The summed E-state index contributed by atoms with van der Waals surface area (Å²) in [7, 11) is 3.73. The summed E-state index contributed by atoms with van der Waals surface area (Å²) in [5.74, 6) is 1.93. The van der Waals surface area contributed by atoms with Gasteiger partial charge in [0.1, 0.15) is 4.32 Å². The largest absolute Gasteiger partial charge is 0.493 e. The van der Waals surface area contributed by atoms with E-state index in [1.165, 1.54) is 0 Å². The van der Waals surface area contributed by atoms with Crippen LogP contribution in [0.15, 0.2) is 17.1 Å². The van der Waals surface area contributed by atoms with Gasteiger partial charge < -0.3 is 24.2 Å². The number of likely N-dealkylation sites (N-methyl/N-ethyl adjacent to an activating group) is 1. The Hall–Kier alpha value is -1.84. The molecule has 30 heavy (non-hydrogen) atoms. The number of amides is 1. The predicted molar refractivity (Wildman–Crippen MR) is 125 cm³/mol. The molecule has 0 saturated carbocycles. The van der Waals surface area contributed by atoms with E-state index in [1.54, 1.807) is 24.9 Å². The Bertz CT molecular complexity index is 840. The Morgan fingerprint density at radius 1 is 1.23 bits per heavy atom. The number of fused-ring (bicyclic) bond motifs is 2. The third-order valence-electron chi connectivity index (χ3n) is 5.79. The van der Waals surface area contributed by atoms with Gasteiger partial charge in [0.15, 0.2) is 11.5 Å². The minimum Gasteiger partial charge on any atom is -0.493 e. The minimum atomic E-state index is 0.0166. The van der Waals surface area contributed by atoms with Crippen molar-refractivity contribution in [3.05, 3.63) is 17.7 Å². The standard InChI is InChI=1S/C21H28N4O3S2/c1-23-6-8-24(9-7-23)21(29)30-11-10-28-19-13-17-16(12-18(19)27-2)20(26)25-5-3-4-15(25)14-22-17/h12-15H,3-11H2,1-2H3/t15-/m0/s1. The summed E-state index contributed by atoms with van der Waals surface area (Å²) >= 11 is 7.21. The van der Waals surface area contributed by atoms with Crippen LogP contribution in [0.5, 0.6) is 11.5 Å². The van der Waals surface area contributed by atoms with Crippen molar-refractivity contribution >= 4 is 46.1 Å². The van der Waals surface area contributed by atoms with Crippen LogP contribution in [0, 0.1) is 0 Å². The number of hydrogen-bond donors (Lipinski definition) is 0. The SMILES string of the molecule is COc1cc2c(cc1OCCSC(=S)N1CCN(C)CC1)N=C[C@@H]1CCCN1C2=O. The zero-order valence-electron chi connectivity index (χ0n) is 17.5. The van der Waals surface area contributed by atoms with E-state index in [4.69, 9.17) is 21.7 Å². The van der Waals surface area contributed by atoms with Gasteiger partial charge in [-0.1, -0.05) is 24.0 Å². The van der Waals surface area contributed by atoms with E-state index in [0.717, 1.165) is 55.6 Å². The van der Waals surface area contributed by atoms with Crippen LogP contribution in [0.1, 0.15) is 23.2 Å². The number of piperazine rings is 1. The van der Waals surface area contributed by atoms with Crippen molar-refractivity contribution in [3.63, 3.8) is 0 Å². The smallest absolute Gasteiger partial charge is 0.256 e. The average Bonchev–Trinajstić information content (AvgIpc) is 3.19. The quantitative estimate of drug-likeness (QED) is 0.507. The molecule has 3 heterocycles. The van der Waals surface area contributed by atoms with Crippen LogP contribution in [0.3, 0.4) is 0 Å². The number of aliphatic imine (C=N–C) groups is 1. The molecule has 0 spiro atoms. The van der Waals surface area contributed by atoms with E-state index in [-0.39, 0.29) is 11.9 Å². The van der Waals surface area contributed by atoms with Gasteiger partial charge in [-0.25, -0.2) is 0 Å². The van der Waals surface area contributed by atoms with Crippen LogP contribution in [-0.4, -0.2) is 96.4 Å². The molecule has 3 aliphatic heterocycles. The molecule has 1 atom stereocenters. The first-order valence-electron chi connectivity index (χ1n) is 10.4. The molecule has 7 nitrogen and oxygen atoms in total. The van der Waals surface area contributed by atoms with Crippen LogP contribution in [0.4, 0.5) is 5.69 Å². The maximum absolute atomic E-state index is 12.9. The summed E-state index contributed by atoms with van der Waals surface area (Å²) in [4.78, 5) is 24.0. The molecule has 0 unspecified atom stereocenters. The first-order valence-corrected chi connectivity index (χ1v) is 11.8. The maximum atomic E-state index is 12.9. The minimum absolute atomic E-state index is 0.0166. The third kappa shape index (κ3) is 4.58. The van der Waals surface area contributed by atoms with E-state index in [0.29, 0.717) is 29.4 Å². The lowest BCUT2D eigenvalue weighted by molar-refractivity contribution is 0.0774. The summed E-state index contributed by atoms with van der Waals surface area (Å²) in [5, 5.41) is 0. The van der Waals surface area contributed by atoms with Gasteiger partial charge in [-0.05, 0) is 26.0 Å². The Morgan fingerprint density at radius 3 is 2.80 bits per heavy atom. The normalized spacial score (nSPS) is 21.3. The Balaban J connectivity index is 1.37. The molecule has 4 rings (SSSR count). The number of carbonyl (C=O) groups excluding carboxylic acids is 1. The number of nitrogens with zero attached hydrogens (tertiary/aromatic N) is 4. The number of rotatable bonds is 5. The predicted octanol–water partition coefficient (Wildman–Crippen LogP) is 2.66. The van der Waals surface area contributed by atoms with E-state index < -0.39 is 0 Å². The molecule has 1 aromatic rings. The monoisotopic (exact) mass is 448 g/mol. The summed E-state index contributed by atoms with van der Waals surface area (Å²) < 4.78 is 12.4. The van der Waals surface area contributed by atoms with E-state index in [9.17, 15) is 4.79 Å². The molecule has 2 fully saturated rings. The van der Waals surface area contributed by atoms with Crippen molar-refractivity contribution in [2.45, 2.75) is 18.9 Å². The highest BCUT2D eigenvalue weighted by Crippen LogP contribution is 2.38. The molecule has 0 aliphatic carbocycles. The number of ether oxygens (including phenoxy) is 2. The first kappa shape index (κ1) is 21.4. The molecule has 0 aromatic heterocycles. The fourth-order valence-corrected chi connectivity index (χ4v) is 5.12. The number of thiocarbonyl (C=S) groups is 1. The summed E-state index contributed by atoms with van der Waals surface area (Å²) in [6, 6.07) is 3.66. The fraction of sp³-hybridized carbons (Fsp3) is 0.571. The highest BCUT2D eigenvalue weighted by Gasteiger charge is 2.32. The van der Waals surface area contributed by atoms with Crippen molar-refractivity contribution in [1.82, 2.24) is 14.7 Å². The zero-order valence-corrected chi connectivity index (χ0v) is 19.1. The fourth-order valence-electron chi connectivity index (χ4n) is 3.98. The van der Waals surface area contributed by atoms with Gasteiger partial charge in [-0.3, -0.25) is 9.79 Å². The van der Waals surface area contributed by atoms with Crippen LogP contribution < -0.4 is 9.47 Å². The number of methoxy groups -OCH3 is 1.